The van der Waals surface area contributed by atoms with Crippen molar-refractivity contribution in [3.05, 3.63) is 0 Å². The Kier molecular flexibility index (Phi) is 2.97. The Morgan fingerprint density at radius 2 is 2.36 bits per heavy atom. The largest absolute Gasteiger partial charge is 0.360 e. The van der Waals surface area contributed by atoms with E-state index in [4.69, 9.17) is 4.52 Å². The zero-order valence-electron chi connectivity index (χ0n) is 7.37. The molecule has 2 atom stereocenters. The Labute approximate surface area is 69.1 Å². The number of rotatable bonds is 3. The molecule has 3 nitrogen and oxygen atoms in total. The molecule has 0 saturated carbocycles. The first-order chi connectivity index (χ1) is 5.23. The highest BCUT2D eigenvalue weighted by atomic mass is 31.1. The standard InChI is InChI=1S/C7H15N2OP/c1-4-11(10-3)7(2)5-6-8-9-7/h4-6H2,1-3H3. The number of hydrogen-bond donors (Lipinski definition) is 0. The molecule has 1 aliphatic heterocycles. The molecule has 0 spiro atoms. The van der Waals surface area contributed by atoms with E-state index in [9.17, 15) is 0 Å². The van der Waals surface area contributed by atoms with E-state index in [-0.39, 0.29) is 5.28 Å². The Morgan fingerprint density at radius 3 is 2.73 bits per heavy atom. The molecule has 0 amide bonds. The summed E-state index contributed by atoms with van der Waals surface area (Å²) in [6.07, 6.45) is 2.13. The molecule has 0 aromatic heterocycles. The highest BCUT2D eigenvalue weighted by Crippen LogP contribution is 2.54. The van der Waals surface area contributed by atoms with Crippen LogP contribution in [0.25, 0.3) is 0 Å². The maximum absolute atomic E-state index is 5.40. The van der Waals surface area contributed by atoms with Gasteiger partial charge in [-0.3, -0.25) is 0 Å². The first-order valence-corrected chi connectivity index (χ1v) is 5.38. The van der Waals surface area contributed by atoms with Gasteiger partial charge in [0, 0.05) is 13.5 Å². The highest BCUT2D eigenvalue weighted by molar-refractivity contribution is 7.54. The molecule has 64 valence electrons. The van der Waals surface area contributed by atoms with Gasteiger partial charge in [0.05, 0.1) is 14.7 Å². The maximum atomic E-state index is 5.40. The van der Waals surface area contributed by atoms with Crippen LogP contribution >= 0.6 is 8.15 Å². The summed E-state index contributed by atoms with van der Waals surface area (Å²) >= 11 is 0. The molecule has 0 radical (unpaired) electrons. The third-order valence-electron chi connectivity index (χ3n) is 2.02. The average molecular weight is 174 g/mol. The second-order valence-corrected chi connectivity index (χ2v) is 5.53. The lowest BCUT2D eigenvalue weighted by molar-refractivity contribution is 0.433. The predicted octanol–water partition coefficient (Wildman–Crippen LogP) is 2.62. The molecule has 0 bridgehead atoms. The summed E-state index contributed by atoms with van der Waals surface area (Å²) in [6.45, 7) is 5.16. The Balaban J connectivity index is 2.61. The molecule has 1 aliphatic rings. The quantitative estimate of drug-likeness (QED) is 0.605. The van der Waals surface area contributed by atoms with Crippen molar-refractivity contribution in [2.45, 2.75) is 25.5 Å². The second-order valence-electron chi connectivity index (χ2n) is 2.81. The van der Waals surface area contributed by atoms with E-state index in [2.05, 4.69) is 24.1 Å². The smallest absolute Gasteiger partial charge is 0.124 e. The van der Waals surface area contributed by atoms with E-state index < -0.39 is 8.15 Å². The lowest BCUT2D eigenvalue weighted by Gasteiger charge is -2.27. The van der Waals surface area contributed by atoms with Crippen LogP contribution in [0.15, 0.2) is 10.2 Å². The molecule has 0 N–H and O–H groups in total. The van der Waals surface area contributed by atoms with E-state index in [1.165, 1.54) is 0 Å². The molecule has 11 heavy (non-hydrogen) atoms. The fourth-order valence-electron chi connectivity index (χ4n) is 1.36. The van der Waals surface area contributed by atoms with Gasteiger partial charge >= 0.3 is 0 Å². The molecule has 1 heterocycles. The minimum atomic E-state index is -0.400. The summed E-state index contributed by atoms with van der Waals surface area (Å²) in [6, 6.07) is 0. The van der Waals surface area contributed by atoms with E-state index in [0.717, 1.165) is 19.1 Å². The van der Waals surface area contributed by atoms with Gasteiger partial charge in [0.2, 0.25) is 0 Å². The van der Waals surface area contributed by atoms with Crippen molar-refractivity contribution in [1.82, 2.24) is 0 Å². The minimum absolute atomic E-state index is 0.0127. The van der Waals surface area contributed by atoms with Crippen LogP contribution in [0.1, 0.15) is 20.3 Å². The van der Waals surface area contributed by atoms with Gasteiger partial charge in [-0.2, -0.15) is 10.2 Å². The van der Waals surface area contributed by atoms with Crippen LogP contribution in [0, 0.1) is 0 Å². The van der Waals surface area contributed by atoms with Crippen molar-refractivity contribution in [2.24, 2.45) is 10.2 Å². The monoisotopic (exact) mass is 174 g/mol. The van der Waals surface area contributed by atoms with Crippen LogP contribution in [0.3, 0.4) is 0 Å². The lowest BCUT2D eigenvalue weighted by atomic mass is 10.3. The van der Waals surface area contributed by atoms with E-state index in [1.807, 2.05) is 0 Å². The van der Waals surface area contributed by atoms with Gasteiger partial charge in [-0.15, -0.1) is 0 Å². The number of azo groups is 1. The van der Waals surface area contributed by atoms with Crippen LogP contribution in [0.5, 0.6) is 0 Å². The molecule has 0 aromatic carbocycles. The van der Waals surface area contributed by atoms with Crippen LogP contribution in [-0.2, 0) is 4.52 Å². The topological polar surface area (TPSA) is 34.0 Å². The molecular weight excluding hydrogens is 159 g/mol. The van der Waals surface area contributed by atoms with Gasteiger partial charge in [0.15, 0.2) is 0 Å². The number of hydrogen-bond acceptors (Lipinski definition) is 3. The second kappa shape index (κ2) is 3.59. The molecule has 4 heteroatoms. The first kappa shape index (κ1) is 9.08. The summed E-state index contributed by atoms with van der Waals surface area (Å²) in [7, 11) is 1.37. The fourth-order valence-corrected chi connectivity index (χ4v) is 3.20. The summed E-state index contributed by atoms with van der Waals surface area (Å²) in [5.74, 6) is 0. The van der Waals surface area contributed by atoms with Crippen LogP contribution in [-0.4, -0.2) is 25.1 Å². The molecule has 2 unspecified atom stereocenters. The molecule has 0 aromatic rings. The minimum Gasteiger partial charge on any atom is -0.360 e. The van der Waals surface area contributed by atoms with Gasteiger partial charge in [-0.05, 0) is 13.1 Å². The zero-order valence-corrected chi connectivity index (χ0v) is 8.27. The van der Waals surface area contributed by atoms with Crippen molar-refractivity contribution in [1.29, 1.82) is 0 Å². The molecular formula is C7H15N2OP. The molecule has 0 aliphatic carbocycles. The average Bonchev–Trinajstić information content (AvgIpc) is 2.39. The zero-order chi connectivity index (χ0) is 8.32. The predicted molar refractivity (Wildman–Crippen MR) is 47.2 cm³/mol. The Bertz CT molecular complexity index is 159. The third kappa shape index (κ3) is 1.77. The van der Waals surface area contributed by atoms with Crippen molar-refractivity contribution < 1.29 is 4.52 Å². The van der Waals surface area contributed by atoms with Gasteiger partial charge in [-0.25, -0.2) is 0 Å². The van der Waals surface area contributed by atoms with Crippen LogP contribution in [0.2, 0.25) is 0 Å². The molecule has 0 fully saturated rings. The molecule has 1 rings (SSSR count). The summed E-state index contributed by atoms with van der Waals surface area (Å²) in [4.78, 5) is 0. The normalized spacial score (nSPS) is 32.6. The maximum Gasteiger partial charge on any atom is 0.124 e. The van der Waals surface area contributed by atoms with Crippen molar-refractivity contribution in [2.75, 3.05) is 19.8 Å². The summed E-state index contributed by atoms with van der Waals surface area (Å²) in [5.41, 5.74) is 0. The Morgan fingerprint density at radius 1 is 1.64 bits per heavy atom. The van der Waals surface area contributed by atoms with Crippen LogP contribution in [0.4, 0.5) is 0 Å². The summed E-state index contributed by atoms with van der Waals surface area (Å²) in [5, 5.41) is 8.27. The van der Waals surface area contributed by atoms with Crippen molar-refractivity contribution in [3.8, 4) is 0 Å². The van der Waals surface area contributed by atoms with Crippen molar-refractivity contribution >= 4 is 8.15 Å². The van der Waals surface area contributed by atoms with Gasteiger partial charge in [0.1, 0.15) is 5.28 Å². The SMILES string of the molecule is CCP(OC)C1(C)CCN=N1. The Hall–Kier alpha value is -0.0100. The third-order valence-corrected chi connectivity index (χ3v) is 4.42. The van der Waals surface area contributed by atoms with Crippen LogP contribution < -0.4 is 0 Å². The van der Waals surface area contributed by atoms with Gasteiger partial charge in [0.25, 0.3) is 0 Å². The van der Waals surface area contributed by atoms with Crippen molar-refractivity contribution in [3.63, 3.8) is 0 Å². The number of nitrogens with zero attached hydrogens (tertiary/aromatic N) is 2. The highest BCUT2D eigenvalue weighted by Gasteiger charge is 2.36. The van der Waals surface area contributed by atoms with Gasteiger partial charge in [-0.1, -0.05) is 6.92 Å². The molecule has 0 saturated heterocycles. The fraction of sp³-hybridized carbons (Fsp3) is 1.00. The first-order valence-electron chi connectivity index (χ1n) is 3.93. The van der Waals surface area contributed by atoms with Gasteiger partial charge < -0.3 is 4.52 Å². The summed E-state index contributed by atoms with van der Waals surface area (Å²) < 4.78 is 5.40. The van der Waals surface area contributed by atoms with E-state index in [1.54, 1.807) is 7.11 Å². The lowest BCUT2D eigenvalue weighted by Crippen LogP contribution is -2.18. The van der Waals surface area contributed by atoms with E-state index in [0.29, 0.717) is 0 Å². The van der Waals surface area contributed by atoms with E-state index >= 15 is 0 Å².